The summed E-state index contributed by atoms with van der Waals surface area (Å²) in [6, 6.07) is 10.1. The number of hydroxylamine groups is 1. The van der Waals surface area contributed by atoms with E-state index in [1.165, 1.54) is 0 Å². The van der Waals surface area contributed by atoms with Crippen molar-refractivity contribution in [2.45, 2.75) is 6.92 Å². The molecule has 104 valence electrons. The number of hydrogen-bond donors (Lipinski definition) is 1. The van der Waals surface area contributed by atoms with E-state index >= 15 is 0 Å². The highest BCUT2D eigenvalue weighted by Crippen LogP contribution is 2.03. The SMILES string of the molecule is C=C(C=Cc1ccccc1)NOC[C@H](C)CN(C)C. The summed E-state index contributed by atoms with van der Waals surface area (Å²) < 4.78 is 0. The number of benzene rings is 1. The van der Waals surface area contributed by atoms with Gasteiger partial charge >= 0.3 is 0 Å². The second-order valence-corrected chi connectivity index (χ2v) is 5.05. The van der Waals surface area contributed by atoms with Crippen molar-refractivity contribution in [3.8, 4) is 0 Å². The Hall–Kier alpha value is -1.58. The third-order valence-corrected chi connectivity index (χ3v) is 2.52. The summed E-state index contributed by atoms with van der Waals surface area (Å²) in [6.07, 6.45) is 3.91. The molecule has 0 amide bonds. The molecule has 3 nitrogen and oxygen atoms in total. The quantitative estimate of drug-likeness (QED) is 0.574. The van der Waals surface area contributed by atoms with Crippen molar-refractivity contribution < 1.29 is 4.84 Å². The molecular weight excluding hydrogens is 236 g/mol. The predicted molar refractivity (Wildman–Crippen MR) is 81.4 cm³/mol. The van der Waals surface area contributed by atoms with Crippen LogP contribution < -0.4 is 5.48 Å². The second-order valence-electron chi connectivity index (χ2n) is 5.05. The molecule has 3 heteroatoms. The second kappa shape index (κ2) is 8.51. The van der Waals surface area contributed by atoms with Crippen LogP contribution >= 0.6 is 0 Å². The van der Waals surface area contributed by atoms with Crippen molar-refractivity contribution in [3.05, 3.63) is 54.2 Å². The average molecular weight is 260 g/mol. The lowest BCUT2D eigenvalue weighted by molar-refractivity contribution is 0.0367. The molecule has 0 unspecified atom stereocenters. The van der Waals surface area contributed by atoms with Crippen molar-refractivity contribution in [3.63, 3.8) is 0 Å². The van der Waals surface area contributed by atoms with E-state index in [1.54, 1.807) is 0 Å². The lowest BCUT2D eigenvalue weighted by atomic mass is 10.2. The highest BCUT2D eigenvalue weighted by molar-refractivity contribution is 5.51. The molecule has 0 aliphatic heterocycles. The van der Waals surface area contributed by atoms with Gasteiger partial charge in [-0.05, 0) is 31.7 Å². The maximum absolute atomic E-state index is 5.42. The molecule has 1 atom stereocenters. The van der Waals surface area contributed by atoms with Crippen LogP contribution in [0.4, 0.5) is 0 Å². The molecule has 1 rings (SSSR count). The summed E-state index contributed by atoms with van der Waals surface area (Å²) in [6.45, 7) is 7.72. The number of nitrogens with zero attached hydrogens (tertiary/aromatic N) is 1. The van der Waals surface area contributed by atoms with Gasteiger partial charge < -0.3 is 4.90 Å². The summed E-state index contributed by atoms with van der Waals surface area (Å²) in [5.41, 5.74) is 4.75. The van der Waals surface area contributed by atoms with Gasteiger partial charge in [0.05, 0.1) is 12.3 Å². The fourth-order valence-electron chi connectivity index (χ4n) is 1.75. The standard InChI is InChI=1S/C16H24N2O/c1-14(12-18(3)4)13-19-17-15(2)10-11-16-8-6-5-7-9-16/h5-11,14,17H,2,12-13H2,1,3-4H3/t14-/m1/s1. The molecule has 1 aromatic rings. The summed E-state index contributed by atoms with van der Waals surface area (Å²) >= 11 is 0. The maximum atomic E-state index is 5.42. The van der Waals surface area contributed by atoms with E-state index in [4.69, 9.17) is 4.84 Å². The van der Waals surface area contributed by atoms with Crippen LogP contribution in [0.1, 0.15) is 12.5 Å². The monoisotopic (exact) mass is 260 g/mol. The minimum Gasteiger partial charge on any atom is -0.309 e. The average Bonchev–Trinajstić information content (AvgIpc) is 2.36. The van der Waals surface area contributed by atoms with Gasteiger partial charge in [-0.3, -0.25) is 10.3 Å². The molecular formula is C16H24N2O. The van der Waals surface area contributed by atoms with E-state index in [0.29, 0.717) is 12.5 Å². The third-order valence-electron chi connectivity index (χ3n) is 2.52. The largest absolute Gasteiger partial charge is 0.309 e. The van der Waals surface area contributed by atoms with Crippen LogP contribution in [0.3, 0.4) is 0 Å². The lowest BCUT2D eigenvalue weighted by Gasteiger charge is -2.17. The first-order valence-electron chi connectivity index (χ1n) is 6.52. The smallest absolute Gasteiger partial charge is 0.0783 e. The van der Waals surface area contributed by atoms with Gasteiger partial charge in [-0.15, -0.1) is 0 Å². The molecule has 0 aliphatic carbocycles. The normalized spacial score (nSPS) is 12.8. The predicted octanol–water partition coefficient (Wildman–Crippen LogP) is 2.93. The summed E-state index contributed by atoms with van der Waals surface area (Å²) in [4.78, 5) is 7.57. The van der Waals surface area contributed by atoms with Crippen LogP contribution in [0.2, 0.25) is 0 Å². The van der Waals surface area contributed by atoms with Gasteiger partial charge in [0.1, 0.15) is 0 Å². The molecule has 0 aliphatic rings. The van der Waals surface area contributed by atoms with Gasteiger partial charge in [0.25, 0.3) is 0 Å². The fourth-order valence-corrected chi connectivity index (χ4v) is 1.75. The van der Waals surface area contributed by atoms with Crippen LogP contribution in [0.15, 0.2) is 48.7 Å². The van der Waals surface area contributed by atoms with Gasteiger partial charge in [0.15, 0.2) is 0 Å². The van der Waals surface area contributed by atoms with Crippen molar-refractivity contribution in [1.82, 2.24) is 10.4 Å². The molecule has 0 saturated carbocycles. The Morgan fingerprint density at radius 2 is 2.05 bits per heavy atom. The zero-order valence-electron chi connectivity index (χ0n) is 12.1. The van der Waals surface area contributed by atoms with Crippen LogP contribution in [-0.2, 0) is 4.84 Å². The summed E-state index contributed by atoms with van der Waals surface area (Å²) in [7, 11) is 4.12. The topological polar surface area (TPSA) is 24.5 Å². The molecule has 0 spiro atoms. The Kier molecular flexibility index (Phi) is 6.93. The molecule has 0 radical (unpaired) electrons. The van der Waals surface area contributed by atoms with Crippen LogP contribution in [0.5, 0.6) is 0 Å². The molecule has 0 heterocycles. The Labute approximate surface area is 116 Å². The number of allylic oxidation sites excluding steroid dienone is 1. The number of hydrogen-bond acceptors (Lipinski definition) is 3. The van der Waals surface area contributed by atoms with Gasteiger partial charge in [-0.25, -0.2) is 0 Å². The first-order valence-corrected chi connectivity index (χ1v) is 6.52. The van der Waals surface area contributed by atoms with E-state index < -0.39 is 0 Å². The van der Waals surface area contributed by atoms with Crippen LogP contribution in [-0.4, -0.2) is 32.1 Å². The van der Waals surface area contributed by atoms with Crippen molar-refractivity contribution in [1.29, 1.82) is 0 Å². The van der Waals surface area contributed by atoms with Crippen LogP contribution in [0.25, 0.3) is 6.08 Å². The summed E-state index contributed by atoms with van der Waals surface area (Å²) in [5, 5.41) is 0. The molecule has 0 fully saturated rings. The van der Waals surface area contributed by atoms with E-state index in [2.05, 4.69) is 38.0 Å². The minimum atomic E-state index is 0.480. The van der Waals surface area contributed by atoms with E-state index in [0.717, 1.165) is 17.8 Å². The van der Waals surface area contributed by atoms with Gasteiger partial charge in [0.2, 0.25) is 0 Å². The Morgan fingerprint density at radius 3 is 2.68 bits per heavy atom. The zero-order chi connectivity index (χ0) is 14.1. The van der Waals surface area contributed by atoms with Crippen molar-refractivity contribution >= 4 is 6.08 Å². The minimum absolute atomic E-state index is 0.480. The first-order chi connectivity index (χ1) is 9.08. The summed E-state index contributed by atoms with van der Waals surface area (Å²) in [5.74, 6) is 0.480. The van der Waals surface area contributed by atoms with E-state index in [-0.39, 0.29) is 0 Å². The number of rotatable bonds is 8. The molecule has 1 aromatic carbocycles. The fraction of sp³-hybridized carbons (Fsp3) is 0.375. The highest BCUT2D eigenvalue weighted by atomic mass is 16.6. The third kappa shape index (κ3) is 7.44. The Balaban J connectivity index is 2.23. The molecule has 19 heavy (non-hydrogen) atoms. The van der Waals surface area contributed by atoms with E-state index in [9.17, 15) is 0 Å². The first kappa shape index (κ1) is 15.5. The molecule has 0 saturated heterocycles. The van der Waals surface area contributed by atoms with Crippen molar-refractivity contribution in [2.24, 2.45) is 5.92 Å². The number of nitrogens with one attached hydrogen (secondary N) is 1. The lowest BCUT2D eigenvalue weighted by Crippen LogP contribution is -2.25. The van der Waals surface area contributed by atoms with E-state index in [1.807, 2.05) is 42.5 Å². The maximum Gasteiger partial charge on any atom is 0.0783 e. The van der Waals surface area contributed by atoms with Gasteiger partial charge in [-0.1, -0.05) is 49.9 Å². The van der Waals surface area contributed by atoms with Crippen LogP contribution in [0, 0.1) is 5.92 Å². The van der Waals surface area contributed by atoms with Gasteiger partial charge in [-0.2, -0.15) is 0 Å². The molecule has 1 N–H and O–H groups in total. The Morgan fingerprint density at radius 1 is 1.37 bits per heavy atom. The molecule has 0 aromatic heterocycles. The zero-order valence-corrected chi connectivity index (χ0v) is 12.1. The van der Waals surface area contributed by atoms with Crippen molar-refractivity contribution in [2.75, 3.05) is 27.2 Å². The molecule has 0 bridgehead atoms. The highest BCUT2D eigenvalue weighted by Gasteiger charge is 2.03. The Bertz CT molecular complexity index is 398. The van der Waals surface area contributed by atoms with Gasteiger partial charge in [0, 0.05) is 6.54 Å².